The van der Waals surface area contributed by atoms with Crippen LogP contribution in [0.25, 0.3) is 0 Å². The molecule has 1 amide bonds. The second-order valence-corrected chi connectivity index (χ2v) is 7.74. The number of hydrogen-bond acceptors (Lipinski definition) is 6. The number of anilines is 1. The Labute approximate surface area is 191 Å². The van der Waals surface area contributed by atoms with E-state index in [0.717, 1.165) is 18.6 Å². The maximum absolute atomic E-state index is 13.3. The van der Waals surface area contributed by atoms with Crippen molar-refractivity contribution in [3.05, 3.63) is 90.7 Å². The highest BCUT2D eigenvalue weighted by Gasteiger charge is 2.26. The van der Waals surface area contributed by atoms with Crippen LogP contribution in [0.3, 0.4) is 0 Å². The minimum atomic E-state index is -0.958. The monoisotopic (exact) mass is 445 g/mol. The molecule has 8 heteroatoms. The fourth-order valence-corrected chi connectivity index (χ4v) is 3.74. The standard InChI is InChI=1S/C25H24FN5O2/c1-17(26)25(32)31-13-5-6-19(15-31)30-24-22(14-28-16-29-24)23(27)18-9-11-21(12-10-18)33-20-7-3-2-4-8-20/h2-4,7-12,14,16,19,27H,1,5-6,13,15H2,(H,28,29,30). The summed E-state index contributed by atoms with van der Waals surface area (Å²) in [6, 6.07) is 16.6. The number of benzene rings is 2. The molecule has 1 saturated heterocycles. The Morgan fingerprint density at radius 2 is 1.88 bits per heavy atom. The number of piperidine rings is 1. The van der Waals surface area contributed by atoms with Gasteiger partial charge in [-0.1, -0.05) is 24.8 Å². The van der Waals surface area contributed by atoms with Crippen LogP contribution in [0.4, 0.5) is 10.2 Å². The van der Waals surface area contributed by atoms with E-state index in [0.29, 0.717) is 35.8 Å². The van der Waals surface area contributed by atoms with Gasteiger partial charge in [0.2, 0.25) is 0 Å². The Balaban J connectivity index is 1.47. The maximum atomic E-state index is 13.3. The van der Waals surface area contributed by atoms with Gasteiger partial charge in [0.05, 0.1) is 11.3 Å². The average Bonchev–Trinajstić information content (AvgIpc) is 2.85. The van der Waals surface area contributed by atoms with Gasteiger partial charge >= 0.3 is 0 Å². The van der Waals surface area contributed by atoms with Gasteiger partial charge in [-0.3, -0.25) is 10.2 Å². The molecule has 1 aliphatic heterocycles. The fourth-order valence-electron chi connectivity index (χ4n) is 3.74. The zero-order valence-corrected chi connectivity index (χ0v) is 18.0. The predicted octanol–water partition coefficient (Wildman–Crippen LogP) is 4.57. The second-order valence-electron chi connectivity index (χ2n) is 7.74. The van der Waals surface area contributed by atoms with Crippen LogP contribution in [0, 0.1) is 5.41 Å². The highest BCUT2D eigenvalue weighted by atomic mass is 19.1. The molecular formula is C25H24FN5O2. The van der Waals surface area contributed by atoms with Crippen molar-refractivity contribution in [3.8, 4) is 11.5 Å². The number of nitrogens with zero attached hydrogens (tertiary/aromatic N) is 3. The van der Waals surface area contributed by atoms with Crippen LogP contribution in [-0.4, -0.2) is 45.6 Å². The molecule has 168 valence electrons. The normalized spacial score (nSPS) is 15.5. The second kappa shape index (κ2) is 10.0. The zero-order chi connectivity index (χ0) is 23.2. The number of para-hydroxylation sites is 1. The maximum Gasteiger partial charge on any atom is 0.282 e. The molecule has 1 aromatic heterocycles. The minimum absolute atomic E-state index is 0.120. The quantitative estimate of drug-likeness (QED) is 0.411. The number of halogens is 1. The van der Waals surface area contributed by atoms with Crippen molar-refractivity contribution in [2.45, 2.75) is 18.9 Å². The van der Waals surface area contributed by atoms with E-state index in [2.05, 4.69) is 21.9 Å². The van der Waals surface area contributed by atoms with Crippen molar-refractivity contribution < 1.29 is 13.9 Å². The van der Waals surface area contributed by atoms with Gasteiger partial charge in [0.15, 0.2) is 5.83 Å². The van der Waals surface area contributed by atoms with Crippen LogP contribution < -0.4 is 10.1 Å². The van der Waals surface area contributed by atoms with Gasteiger partial charge in [-0.15, -0.1) is 0 Å². The molecule has 4 rings (SSSR count). The van der Waals surface area contributed by atoms with E-state index < -0.39 is 11.7 Å². The van der Waals surface area contributed by atoms with Crippen molar-refractivity contribution in [2.24, 2.45) is 0 Å². The average molecular weight is 445 g/mol. The van der Waals surface area contributed by atoms with Crippen molar-refractivity contribution in [2.75, 3.05) is 18.4 Å². The molecule has 0 bridgehead atoms. The van der Waals surface area contributed by atoms with Gasteiger partial charge in [-0.05, 0) is 49.2 Å². The lowest BCUT2D eigenvalue weighted by atomic mass is 10.0. The smallest absolute Gasteiger partial charge is 0.282 e. The van der Waals surface area contributed by atoms with E-state index in [1.165, 1.54) is 11.2 Å². The lowest BCUT2D eigenvalue weighted by molar-refractivity contribution is -0.129. The van der Waals surface area contributed by atoms with Crippen LogP contribution >= 0.6 is 0 Å². The molecule has 0 saturated carbocycles. The fraction of sp³-hybridized carbons (Fsp3) is 0.200. The molecular weight excluding hydrogens is 421 g/mol. The van der Waals surface area contributed by atoms with Crippen LogP contribution in [-0.2, 0) is 4.79 Å². The molecule has 3 aromatic rings. The van der Waals surface area contributed by atoms with Gasteiger partial charge in [0.25, 0.3) is 5.91 Å². The Morgan fingerprint density at radius 1 is 1.15 bits per heavy atom. The summed E-state index contributed by atoms with van der Waals surface area (Å²) in [5, 5.41) is 12.0. The molecule has 2 heterocycles. The lowest BCUT2D eigenvalue weighted by Gasteiger charge is -2.33. The summed E-state index contributed by atoms with van der Waals surface area (Å²) < 4.78 is 19.1. The zero-order valence-electron chi connectivity index (χ0n) is 18.0. The van der Waals surface area contributed by atoms with Crippen LogP contribution in [0.2, 0.25) is 0 Å². The van der Waals surface area contributed by atoms with Crippen molar-refractivity contribution in [3.63, 3.8) is 0 Å². The lowest BCUT2D eigenvalue weighted by Crippen LogP contribution is -2.45. The van der Waals surface area contributed by atoms with Crippen molar-refractivity contribution >= 4 is 17.4 Å². The summed E-state index contributed by atoms with van der Waals surface area (Å²) >= 11 is 0. The summed E-state index contributed by atoms with van der Waals surface area (Å²) in [5.41, 5.74) is 1.47. The Kier molecular flexibility index (Phi) is 6.73. The van der Waals surface area contributed by atoms with E-state index in [1.807, 2.05) is 54.6 Å². The van der Waals surface area contributed by atoms with E-state index >= 15 is 0 Å². The number of carbonyl (C=O) groups excluding carboxylic acids is 1. The molecule has 0 spiro atoms. The molecule has 33 heavy (non-hydrogen) atoms. The largest absolute Gasteiger partial charge is 0.457 e. The van der Waals surface area contributed by atoms with Gasteiger partial charge in [0.1, 0.15) is 23.6 Å². The number of rotatable bonds is 7. The topological polar surface area (TPSA) is 91.2 Å². The molecule has 1 atom stereocenters. The number of amides is 1. The Morgan fingerprint density at radius 3 is 2.61 bits per heavy atom. The van der Waals surface area contributed by atoms with Crippen molar-refractivity contribution in [1.29, 1.82) is 5.41 Å². The minimum Gasteiger partial charge on any atom is -0.457 e. The first kappa shape index (κ1) is 22.1. The third kappa shape index (κ3) is 5.41. The number of carbonyl (C=O) groups is 1. The molecule has 2 N–H and O–H groups in total. The summed E-state index contributed by atoms with van der Waals surface area (Å²) in [6.45, 7) is 3.93. The van der Waals surface area contributed by atoms with Crippen LogP contribution in [0.1, 0.15) is 24.0 Å². The van der Waals surface area contributed by atoms with Crippen LogP contribution in [0.15, 0.2) is 79.5 Å². The van der Waals surface area contributed by atoms with E-state index in [-0.39, 0.29) is 11.8 Å². The predicted molar refractivity (Wildman–Crippen MR) is 124 cm³/mol. The van der Waals surface area contributed by atoms with E-state index in [4.69, 9.17) is 10.1 Å². The molecule has 1 aliphatic rings. The van der Waals surface area contributed by atoms with Gasteiger partial charge in [-0.2, -0.15) is 0 Å². The van der Waals surface area contributed by atoms with Crippen molar-refractivity contribution in [1.82, 2.24) is 14.9 Å². The molecule has 2 aromatic carbocycles. The first-order valence-corrected chi connectivity index (χ1v) is 10.6. The number of nitrogens with one attached hydrogen (secondary N) is 2. The number of likely N-dealkylation sites (tertiary alicyclic amines) is 1. The van der Waals surface area contributed by atoms with E-state index in [1.54, 1.807) is 6.20 Å². The van der Waals surface area contributed by atoms with Gasteiger partial charge < -0.3 is 15.0 Å². The number of hydrogen-bond donors (Lipinski definition) is 2. The third-order valence-corrected chi connectivity index (χ3v) is 5.38. The molecule has 7 nitrogen and oxygen atoms in total. The SMILES string of the molecule is C=C(F)C(=O)N1CCCC(Nc2ncncc2C(=N)c2ccc(Oc3ccccc3)cc2)C1. The first-order valence-electron chi connectivity index (χ1n) is 10.6. The van der Waals surface area contributed by atoms with Crippen LogP contribution in [0.5, 0.6) is 11.5 Å². The summed E-state index contributed by atoms with van der Waals surface area (Å²) in [5.74, 6) is 0.259. The molecule has 0 aliphatic carbocycles. The van der Waals surface area contributed by atoms with Gasteiger partial charge in [-0.25, -0.2) is 14.4 Å². The summed E-state index contributed by atoms with van der Waals surface area (Å²) in [4.78, 5) is 21.8. The summed E-state index contributed by atoms with van der Waals surface area (Å²) in [6.07, 6.45) is 4.52. The molecule has 0 radical (unpaired) electrons. The number of ether oxygens (including phenoxy) is 1. The third-order valence-electron chi connectivity index (χ3n) is 5.38. The number of aromatic nitrogens is 2. The van der Waals surface area contributed by atoms with Gasteiger partial charge in [0, 0.05) is 30.9 Å². The Bertz CT molecular complexity index is 1150. The summed E-state index contributed by atoms with van der Waals surface area (Å²) in [7, 11) is 0. The highest BCUT2D eigenvalue weighted by molar-refractivity contribution is 6.13. The first-order chi connectivity index (χ1) is 16.0. The highest BCUT2D eigenvalue weighted by Crippen LogP contribution is 2.24. The molecule has 1 fully saturated rings. The Hall–Kier alpha value is -4.07. The molecule has 1 unspecified atom stereocenters. The van der Waals surface area contributed by atoms with E-state index in [9.17, 15) is 9.18 Å².